The molecule has 4 N–H and O–H groups in total. The molecule has 0 saturated heterocycles. The Morgan fingerprint density at radius 1 is 0.739 bits per heavy atom. The predicted molar refractivity (Wildman–Crippen MR) is 74.8 cm³/mol. The van der Waals surface area contributed by atoms with Gasteiger partial charge in [0.25, 0.3) is 0 Å². The average Bonchev–Trinajstić information content (AvgIpc) is 2.38. The summed E-state index contributed by atoms with van der Waals surface area (Å²) < 4.78 is 0. The molecule has 0 heterocycles. The van der Waals surface area contributed by atoms with Crippen LogP contribution in [0.4, 0.5) is 0 Å². The number of aromatic carboxylic acids is 2. The van der Waals surface area contributed by atoms with Crippen molar-refractivity contribution in [3.8, 4) is 23.0 Å². The van der Waals surface area contributed by atoms with Gasteiger partial charge in [-0.1, -0.05) is 35.8 Å². The number of aromatic hydroxyl groups is 2. The zero-order valence-corrected chi connectivity index (χ0v) is 13.0. The van der Waals surface area contributed by atoms with Gasteiger partial charge in [-0.3, -0.25) is 0 Å². The first kappa shape index (κ1) is 20.3. The molecule has 0 aliphatic heterocycles. The molecular formula is C14H10MgO8. The van der Waals surface area contributed by atoms with Crippen LogP contribution in [-0.4, -0.2) is 55.4 Å². The largest absolute Gasteiger partial charge is 2.00 e. The van der Waals surface area contributed by atoms with Crippen molar-refractivity contribution in [3.63, 3.8) is 0 Å². The summed E-state index contributed by atoms with van der Waals surface area (Å²) in [5.74, 6) is -5.17. The van der Waals surface area contributed by atoms with Crippen LogP contribution in [0.3, 0.4) is 0 Å². The summed E-state index contributed by atoms with van der Waals surface area (Å²) in [6.45, 7) is 0. The zero-order valence-electron chi connectivity index (χ0n) is 11.6. The normalized spacial score (nSPS) is 9.04. The standard InChI is InChI=1S/2C7H6O4.Mg/c2*8-4-2-1-3-5(9)6(4)7(10)11;/h2*1-3,8-9H,(H,10,11);/q;;+2/p-2. The van der Waals surface area contributed by atoms with E-state index in [0.717, 1.165) is 24.3 Å². The number of carboxylic acids is 2. The number of hydrogen-bond acceptors (Lipinski definition) is 6. The summed E-state index contributed by atoms with van der Waals surface area (Å²) in [5.41, 5.74) is -1.15. The van der Waals surface area contributed by atoms with Crippen LogP contribution in [0.1, 0.15) is 20.7 Å². The van der Waals surface area contributed by atoms with Gasteiger partial charge in [-0.25, -0.2) is 9.59 Å². The van der Waals surface area contributed by atoms with E-state index in [4.69, 9.17) is 20.4 Å². The van der Waals surface area contributed by atoms with Crippen molar-refractivity contribution in [3.05, 3.63) is 47.5 Å². The van der Waals surface area contributed by atoms with Crippen molar-refractivity contribution in [1.29, 1.82) is 0 Å². The molecule has 2 aromatic carbocycles. The molecule has 23 heavy (non-hydrogen) atoms. The first-order valence-corrected chi connectivity index (χ1v) is 5.70. The Morgan fingerprint density at radius 2 is 1.04 bits per heavy atom. The summed E-state index contributed by atoms with van der Waals surface area (Å²) in [4.78, 5) is 20.6. The van der Waals surface area contributed by atoms with Gasteiger partial charge in [0.05, 0.1) is 11.1 Å². The maximum absolute atomic E-state index is 10.7. The fourth-order valence-corrected chi connectivity index (χ4v) is 1.47. The van der Waals surface area contributed by atoms with E-state index >= 15 is 0 Å². The number of carbonyl (C=O) groups is 2. The second-order valence-corrected chi connectivity index (χ2v) is 3.91. The Bertz CT molecular complexity index is 612. The Kier molecular flexibility index (Phi) is 7.70. The smallest absolute Gasteiger partial charge is 0.872 e. The van der Waals surface area contributed by atoms with Crippen LogP contribution in [0.5, 0.6) is 23.0 Å². The van der Waals surface area contributed by atoms with E-state index in [2.05, 4.69) is 0 Å². The van der Waals surface area contributed by atoms with Gasteiger partial charge in [-0.15, -0.1) is 0 Å². The van der Waals surface area contributed by atoms with Crippen molar-refractivity contribution < 1.29 is 40.2 Å². The predicted octanol–water partition coefficient (Wildman–Crippen LogP) is -0.0528. The Labute approximate surface area is 146 Å². The van der Waals surface area contributed by atoms with Crippen LogP contribution in [0.2, 0.25) is 0 Å². The molecule has 9 heteroatoms. The minimum atomic E-state index is -1.41. The summed E-state index contributed by atoms with van der Waals surface area (Å²) in [5, 5.41) is 56.0. The van der Waals surface area contributed by atoms with Crippen molar-refractivity contribution in [1.82, 2.24) is 0 Å². The monoisotopic (exact) mass is 330 g/mol. The molecule has 0 radical (unpaired) electrons. The van der Waals surface area contributed by atoms with Crippen LogP contribution in [0, 0.1) is 0 Å². The fraction of sp³-hybridized carbons (Fsp3) is 0. The molecule has 2 aromatic rings. The van der Waals surface area contributed by atoms with Crippen LogP contribution in [0.15, 0.2) is 36.4 Å². The van der Waals surface area contributed by atoms with Crippen molar-refractivity contribution in [2.75, 3.05) is 0 Å². The topological polar surface area (TPSA) is 161 Å². The third-order valence-corrected chi connectivity index (χ3v) is 2.44. The Balaban J connectivity index is 0.000000403. The van der Waals surface area contributed by atoms with Crippen molar-refractivity contribution >= 4 is 35.0 Å². The van der Waals surface area contributed by atoms with E-state index in [1.54, 1.807) is 0 Å². The summed E-state index contributed by atoms with van der Waals surface area (Å²) in [7, 11) is 0. The van der Waals surface area contributed by atoms with E-state index in [0.29, 0.717) is 0 Å². The van der Waals surface area contributed by atoms with E-state index in [9.17, 15) is 19.8 Å². The molecule has 8 nitrogen and oxygen atoms in total. The minimum Gasteiger partial charge on any atom is -0.872 e. The van der Waals surface area contributed by atoms with Gasteiger partial charge in [0.2, 0.25) is 0 Å². The molecular weight excluding hydrogens is 320 g/mol. The van der Waals surface area contributed by atoms with Crippen molar-refractivity contribution in [2.45, 2.75) is 0 Å². The van der Waals surface area contributed by atoms with E-state index < -0.39 is 46.1 Å². The number of carboxylic acid groups (broad SMARTS) is 2. The number of rotatable bonds is 2. The molecule has 116 valence electrons. The van der Waals surface area contributed by atoms with E-state index in [1.165, 1.54) is 12.1 Å². The molecule has 0 spiro atoms. The van der Waals surface area contributed by atoms with Crippen LogP contribution in [-0.2, 0) is 0 Å². The summed E-state index contributed by atoms with van der Waals surface area (Å²) in [6, 6.07) is 7.08. The molecule has 0 saturated carbocycles. The maximum atomic E-state index is 10.7. The van der Waals surface area contributed by atoms with E-state index in [-0.39, 0.29) is 23.1 Å². The van der Waals surface area contributed by atoms with Crippen LogP contribution in [0.25, 0.3) is 0 Å². The molecule has 0 unspecified atom stereocenters. The molecule has 2 rings (SSSR count). The molecule has 0 fully saturated rings. The van der Waals surface area contributed by atoms with E-state index in [1.807, 2.05) is 0 Å². The zero-order chi connectivity index (χ0) is 16.9. The maximum Gasteiger partial charge on any atom is 2.00 e. The van der Waals surface area contributed by atoms with Crippen LogP contribution < -0.4 is 10.2 Å². The van der Waals surface area contributed by atoms with Gasteiger partial charge < -0.3 is 30.6 Å². The van der Waals surface area contributed by atoms with Gasteiger partial charge in [-0.2, -0.15) is 0 Å². The molecule has 0 atom stereocenters. The average molecular weight is 331 g/mol. The minimum absolute atomic E-state index is 0. The van der Waals surface area contributed by atoms with Crippen molar-refractivity contribution in [2.24, 2.45) is 0 Å². The SMILES string of the molecule is O=C(O)c1c([O-])cccc1O.O=C(O)c1c([O-])cccc1O.[Mg+2]. The molecule has 0 bridgehead atoms. The third-order valence-electron chi connectivity index (χ3n) is 2.44. The van der Waals surface area contributed by atoms with Crippen LogP contribution >= 0.6 is 0 Å². The summed E-state index contributed by atoms with van der Waals surface area (Å²) in [6.07, 6.45) is 0. The summed E-state index contributed by atoms with van der Waals surface area (Å²) >= 11 is 0. The first-order chi connectivity index (χ1) is 10.3. The number of benzene rings is 2. The van der Waals surface area contributed by atoms with Gasteiger partial charge in [0.15, 0.2) is 0 Å². The second-order valence-electron chi connectivity index (χ2n) is 3.91. The first-order valence-electron chi connectivity index (χ1n) is 5.70. The van der Waals surface area contributed by atoms with Gasteiger partial charge >= 0.3 is 35.0 Å². The number of phenols is 2. The van der Waals surface area contributed by atoms with Gasteiger partial charge in [0.1, 0.15) is 11.5 Å². The van der Waals surface area contributed by atoms with Gasteiger partial charge in [-0.05, 0) is 12.1 Å². The molecule has 0 amide bonds. The second kappa shape index (κ2) is 8.71. The third kappa shape index (κ3) is 5.23. The van der Waals surface area contributed by atoms with Gasteiger partial charge in [0, 0.05) is 0 Å². The molecule has 0 aliphatic carbocycles. The quantitative estimate of drug-likeness (QED) is 0.557. The number of hydrogen-bond donors (Lipinski definition) is 4. The Morgan fingerprint density at radius 3 is 1.22 bits per heavy atom. The fourth-order valence-electron chi connectivity index (χ4n) is 1.47. The Hall–Kier alpha value is -2.65. The molecule has 0 aliphatic rings. The molecule has 0 aromatic heterocycles.